The number of nitrogens with one attached hydrogen (secondary N) is 1. The average molecular weight is 250 g/mol. The van der Waals surface area contributed by atoms with Crippen molar-refractivity contribution < 1.29 is 4.39 Å². The van der Waals surface area contributed by atoms with Crippen molar-refractivity contribution in [3.05, 3.63) is 46.5 Å². The van der Waals surface area contributed by atoms with Crippen LogP contribution in [0.15, 0.2) is 30.3 Å². The normalized spacial score (nSPS) is 11.1. The third-order valence-electron chi connectivity index (χ3n) is 2.50. The van der Waals surface area contributed by atoms with Crippen molar-refractivity contribution in [1.29, 1.82) is 0 Å². The number of aromatic nitrogens is 2. The van der Waals surface area contributed by atoms with E-state index in [2.05, 4.69) is 18.9 Å². The molecule has 2 rings (SSSR count). The summed E-state index contributed by atoms with van der Waals surface area (Å²) in [4.78, 5) is 0. The van der Waals surface area contributed by atoms with E-state index in [0.29, 0.717) is 16.2 Å². The number of hydrogen-bond donors (Lipinski definition) is 1. The zero-order valence-corrected chi connectivity index (χ0v) is 10.7. The lowest BCUT2D eigenvalue weighted by atomic mass is 10.1. The van der Waals surface area contributed by atoms with Crippen LogP contribution in [-0.2, 0) is 6.42 Å². The molecule has 1 aromatic carbocycles. The van der Waals surface area contributed by atoms with Crippen molar-refractivity contribution in [2.75, 3.05) is 0 Å². The summed E-state index contributed by atoms with van der Waals surface area (Å²) in [6.45, 7) is 4.27. The molecule has 0 aliphatic heterocycles. The van der Waals surface area contributed by atoms with Crippen molar-refractivity contribution in [1.82, 2.24) is 9.78 Å². The van der Waals surface area contributed by atoms with Crippen LogP contribution in [0.3, 0.4) is 0 Å². The van der Waals surface area contributed by atoms with E-state index in [1.54, 1.807) is 22.9 Å². The molecule has 2 aromatic rings. The van der Waals surface area contributed by atoms with Gasteiger partial charge in [-0.1, -0.05) is 38.2 Å². The molecule has 0 aliphatic carbocycles. The minimum absolute atomic E-state index is 0.276. The molecule has 2 nitrogen and oxygen atoms in total. The Morgan fingerprint density at radius 2 is 2.06 bits per heavy atom. The Balaban J connectivity index is 2.43. The molecule has 0 amide bonds. The monoisotopic (exact) mass is 250 g/mol. The van der Waals surface area contributed by atoms with Crippen LogP contribution in [0.2, 0.25) is 0 Å². The lowest BCUT2D eigenvalue weighted by molar-refractivity contribution is 0.601. The van der Waals surface area contributed by atoms with Gasteiger partial charge in [0.1, 0.15) is 10.5 Å². The van der Waals surface area contributed by atoms with Gasteiger partial charge in [0.05, 0.1) is 5.69 Å². The highest BCUT2D eigenvalue weighted by Gasteiger charge is 2.07. The third kappa shape index (κ3) is 2.64. The molecule has 0 aliphatic rings. The van der Waals surface area contributed by atoms with E-state index in [-0.39, 0.29) is 5.82 Å². The van der Waals surface area contributed by atoms with Crippen LogP contribution >= 0.6 is 12.2 Å². The smallest absolute Gasteiger partial charge is 0.148 e. The summed E-state index contributed by atoms with van der Waals surface area (Å²) < 4.78 is 15.9. The highest BCUT2D eigenvalue weighted by Crippen LogP contribution is 2.15. The van der Waals surface area contributed by atoms with E-state index < -0.39 is 0 Å². The largest absolute Gasteiger partial charge is 0.297 e. The van der Waals surface area contributed by atoms with E-state index in [1.807, 2.05) is 6.07 Å². The van der Waals surface area contributed by atoms with E-state index in [1.165, 1.54) is 6.07 Å². The predicted octanol–water partition coefficient (Wildman–Crippen LogP) is 3.87. The molecule has 17 heavy (non-hydrogen) atoms. The van der Waals surface area contributed by atoms with Crippen molar-refractivity contribution in [3.8, 4) is 5.69 Å². The van der Waals surface area contributed by atoms with E-state index in [9.17, 15) is 4.39 Å². The van der Waals surface area contributed by atoms with Crippen molar-refractivity contribution in [2.45, 2.75) is 20.3 Å². The Labute approximate surface area is 105 Å². The number of nitrogens with zero attached hydrogens (tertiary/aromatic N) is 1. The van der Waals surface area contributed by atoms with E-state index >= 15 is 0 Å². The molecule has 1 N–H and O–H groups in total. The summed E-state index contributed by atoms with van der Waals surface area (Å²) in [6.07, 6.45) is 0.908. The number of H-pyrrole nitrogens is 1. The molecule has 0 saturated carbocycles. The summed E-state index contributed by atoms with van der Waals surface area (Å²) in [6, 6.07) is 8.49. The highest BCUT2D eigenvalue weighted by atomic mass is 32.1. The highest BCUT2D eigenvalue weighted by molar-refractivity contribution is 7.71. The van der Waals surface area contributed by atoms with Gasteiger partial charge in [-0.05, 0) is 30.5 Å². The fraction of sp³-hybridized carbons (Fsp3) is 0.308. The van der Waals surface area contributed by atoms with Crippen LogP contribution in [0, 0.1) is 16.4 Å². The molecule has 1 heterocycles. The zero-order valence-electron chi connectivity index (χ0n) is 9.90. The fourth-order valence-corrected chi connectivity index (χ4v) is 2.09. The second-order valence-electron chi connectivity index (χ2n) is 4.50. The Bertz CT molecular complexity index is 569. The van der Waals surface area contributed by atoms with Gasteiger partial charge in [-0.15, -0.1) is 0 Å². The quantitative estimate of drug-likeness (QED) is 0.820. The van der Waals surface area contributed by atoms with Crippen LogP contribution < -0.4 is 0 Å². The SMILES string of the molecule is CC(C)Cc1cc(=S)n(-c2ccccc2F)[nH]1. The van der Waals surface area contributed by atoms with Gasteiger partial charge >= 0.3 is 0 Å². The maximum absolute atomic E-state index is 13.6. The lowest BCUT2D eigenvalue weighted by Gasteiger charge is -2.05. The van der Waals surface area contributed by atoms with E-state index in [4.69, 9.17) is 12.2 Å². The molecule has 0 radical (unpaired) electrons. The van der Waals surface area contributed by atoms with Gasteiger partial charge in [0.15, 0.2) is 0 Å². The number of halogens is 1. The first-order chi connectivity index (χ1) is 8.08. The molecular weight excluding hydrogens is 235 g/mol. The van der Waals surface area contributed by atoms with Crippen LogP contribution in [0.4, 0.5) is 4.39 Å². The molecule has 0 saturated heterocycles. The van der Waals surface area contributed by atoms with Crippen LogP contribution in [0.1, 0.15) is 19.5 Å². The Kier molecular flexibility index (Phi) is 3.43. The van der Waals surface area contributed by atoms with Gasteiger partial charge in [-0.25, -0.2) is 9.07 Å². The third-order valence-corrected chi connectivity index (χ3v) is 2.80. The van der Waals surface area contributed by atoms with Gasteiger partial charge in [0.25, 0.3) is 0 Å². The average Bonchev–Trinajstić information content (AvgIpc) is 2.59. The van der Waals surface area contributed by atoms with Gasteiger partial charge < -0.3 is 0 Å². The molecule has 90 valence electrons. The molecule has 0 spiro atoms. The Morgan fingerprint density at radius 3 is 2.71 bits per heavy atom. The molecule has 0 fully saturated rings. The number of benzene rings is 1. The Morgan fingerprint density at radius 1 is 1.35 bits per heavy atom. The number of aromatic amines is 1. The first kappa shape index (κ1) is 12.0. The molecular formula is C13H15FN2S. The van der Waals surface area contributed by atoms with Crippen LogP contribution in [0.25, 0.3) is 5.69 Å². The van der Waals surface area contributed by atoms with Crippen LogP contribution in [-0.4, -0.2) is 9.78 Å². The maximum Gasteiger partial charge on any atom is 0.148 e. The molecule has 1 aromatic heterocycles. The summed E-state index contributed by atoms with van der Waals surface area (Å²) in [5.41, 5.74) is 1.50. The number of rotatable bonds is 3. The second-order valence-corrected chi connectivity index (χ2v) is 4.92. The fourth-order valence-electron chi connectivity index (χ4n) is 1.80. The van der Waals surface area contributed by atoms with Gasteiger partial charge in [0, 0.05) is 5.69 Å². The summed E-state index contributed by atoms with van der Waals surface area (Å²) in [5.74, 6) is 0.263. The number of para-hydroxylation sites is 1. The van der Waals surface area contributed by atoms with Gasteiger partial charge in [-0.3, -0.25) is 5.10 Å². The number of hydrogen-bond acceptors (Lipinski definition) is 1. The van der Waals surface area contributed by atoms with Crippen molar-refractivity contribution in [3.63, 3.8) is 0 Å². The minimum Gasteiger partial charge on any atom is -0.297 e. The minimum atomic E-state index is -0.276. The molecule has 0 atom stereocenters. The standard InChI is InChI=1S/C13H15FN2S/c1-9(2)7-10-8-13(17)16(15-10)12-6-4-3-5-11(12)14/h3-6,8-9,15H,7H2,1-2H3. The maximum atomic E-state index is 13.6. The van der Waals surface area contributed by atoms with Gasteiger partial charge in [0.2, 0.25) is 0 Å². The summed E-state index contributed by atoms with van der Waals surface area (Å²) >= 11 is 5.23. The first-order valence-corrected chi connectivity index (χ1v) is 6.04. The summed E-state index contributed by atoms with van der Waals surface area (Å²) in [7, 11) is 0. The second kappa shape index (κ2) is 4.84. The molecule has 0 bridgehead atoms. The van der Waals surface area contributed by atoms with E-state index in [0.717, 1.165) is 12.1 Å². The van der Waals surface area contributed by atoms with Crippen molar-refractivity contribution in [2.24, 2.45) is 5.92 Å². The topological polar surface area (TPSA) is 20.7 Å². The van der Waals surface area contributed by atoms with Crippen LogP contribution in [0.5, 0.6) is 0 Å². The molecule has 4 heteroatoms. The Hall–Kier alpha value is -1.42. The zero-order chi connectivity index (χ0) is 12.4. The lowest BCUT2D eigenvalue weighted by Crippen LogP contribution is -2.01. The predicted molar refractivity (Wildman–Crippen MR) is 69.5 cm³/mol. The summed E-state index contributed by atoms with van der Waals surface area (Å²) in [5, 5.41) is 3.14. The first-order valence-electron chi connectivity index (χ1n) is 5.64. The molecule has 0 unspecified atom stereocenters. The van der Waals surface area contributed by atoms with Crippen molar-refractivity contribution >= 4 is 12.2 Å². The van der Waals surface area contributed by atoms with Gasteiger partial charge in [-0.2, -0.15) is 0 Å².